The van der Waals surface area contributed by atoms with Crippen LogP contribution in [0.4, 0.5) is 4.79 Å². The van der Waals surface area contributed by atoms with Crippen molar-refractivity contribution < 1.29 is 4.79 Å². The lowest BCUT2D eigenvalue weighted by Gasteiger charge is -2.04. The van der Waals surface area contributed by atoms with Crippen LogP contribution in [0.15, 0.2) is 43.0 Å². The van der Waals surface area contributed by atoms with Gasteiger partial charge in [0.25, 0.3) is 0 Å². The van der Waals surface area contributed by atoms with E-state index < -0.39 is 0 Å². The summed E-state index contributed by atoms with van der Waals surface area (Å²) in [6.45, 7) is 4.19. The lowest BCUT2D eigenvalue weighted by Crippen LogP contribution is -2.23. The zero-order valence-electron chi connectivity index (χ0n) is 13.1. The minimum Gasteiger partial charge on any atom is -0.243 e. The Kier molecular flexibility index (Phi) is 4.27. The minimum absolute atomic E-state index is 0.379. The highest BCUT2D eigenvalue weighted by atomic mass is 16.2. The van der Waals surface area contributed by atoms with E-state index in [1.165, 1.54) is 17.3 Å². The van der Waals surface area contributed by atoms with Gasteiger partial charge in [-0.2, -0.15) is 14.5 Å². The van der Waals surface area contributed by atoms with E-state index in [1.54, 1.807) is 0 Å². The zero-order chi connectivity index (χ0) is 16.2. The van der Waals surface area contributed by atoms with Gasteiger partial charge in [0.2, 0.25) is 0 Å². The molecule has 0 fully saturated rings. The number of carbonyl (C=O) groups excluding carboxylic acids is 1. The van der Waals surface area contributed by atoms with Crippen molar-refractivity contribution in [1.82, 2.24) is 29.5 Å². The van der Waals surface area contributed by atoms with Gasteiger partial charge in [-0.05, 0) is 11.5 Å². The Morgan fingerprint density at radius 1 is 1.22 bits per heavy atom. The fraction of sp³-hybridized carbons (Fsp3) is 0.312. The van der Waals surface area contributed by atoms with Gasteiger partial charge < -0.3 is 0 Å². The third-order valence-electron chi connectivity index (χ3n) is 3.31. The van der Waals surface area contributed by atoms with Crippen molar-refractivity contribution in [3.8, 4) is 0 Å². The molecule has 0 radical (unpaired) electrons. The molecule has 0 saturated carbocycles. The van der Waals surface area contributed by atoms with E-state index in [1.807, 2.05) is 30.3 Å². The van der Waals surface area contributed by atoms with Crippen molar-refractivity contribution in [3.63, 3.8) is 0 Å². The standard InChI is InChI=1S/C16H18N6O/c1-12(2)8-14-19-15(9-13-6-4-3-5-7-13)22(20-14)16(23)21-11-17-10-18-21/h3-7,10-12H,8-9H2,1-2H3. The summed E-state index contributed by atoms with van der Waals surface area (Å²) in [5, 5.41) is 8.25. The van der Waals surface area contributed by atoms with E-state index in [-0.39, 0.29) is 6.03 Å². The first-order valence-corrected chi connectivity index (χ1v) is 7.51. The van der Waals surface area contributed by atoms with Gasteiger partial charge in [-0.3, -0.25) is 0 Å². The van der Waals surface area contributed by atoms with Crippen LogP contribution >= 0.6 is 0 Å². The van der Waals surface area contributed by atoms with Crippen LogP contribution in [0, 0.1) is 5.92 Å². The number of aromatic nitrogens is 6. The predicted molar refractivity (Wildman–Crippen MR) is 84.0 cm³/mol. The van der Waals surface area contributed by atoms with E-state index in [4.69, 9.17) is 0 Å². The molecule has 0 bridgehead atoms. The first-order chi connectivity index (χ1) is 11.1. The summed E-state index contributed by atoms with van der Waals surface area (Å²) >= 11 is 0. The Balaban J connectivity index is 1.95. The summed E-state index contributed by atoms with van der Waals surface area (Å²) in [7, 11) is 0. The second kappa shape index (κ2) is 6.51. The van der Waals surface area contributed by atoms with Gasteiger partial charge in [-0.1, -0.05) is 44.2 Å². The molecule has 0 aliphatic rings. The summed E-state index contributed by atoms with van der Waals surface area (Å²) in [5.41, 5.74) is 1.07. The molecule has 0 unspecified atom stereocenters. The highest BCUT2D eigenvalue weighted by Gasteiger charge is 2.19. The molecule has 7 heteroatoms. The van der Waals surface area contributed by atoms with E-state index >= 15 is 0 Å². The average Bonchev–Trinajstić information content (AvgIpc) is 3.17. The Labute approximate surface area is 134 Å². The topological polar surface area (TPSA) is 78.5 Å². The van der Waals surface area contributed by atoms with E-state index in [0.717, 1.165) is 16.7 Å². The lowest BCUT2D eigenvalue weighted by atomic mass is 10.1. The fourth-order valence-corrected chi connectivity index (χ4v) is 2.29. The van der Waals surface area contributed by atoms with Crippen LogP contribution in [0.1, 0.15) is 31.1 Å². The molecule has 23 heavy (non-hydrogen) atoms. The van der Waals surface area contributed by atoms with Crippen LogP contribution in [-0.2, 0) is 12.8 Å². The molecule has 2 aromatic heterocycles. The maximum Gasteiger partial charge on any atom is 0.372 e. The van der Waals surface area contributed by atoms with Crippen molar-refractivity contribution >= 4 is 6.03 Å². The maximum atomic E-state index is 12.5. The van der Waals surface area contributed by atoms with Gasteiger partial charge >= 0.3 is 6.03 Å². The van der Waals surface area contributed by atoms with Gasteiger partial charge in [0.05, 0.1) is 0 Å². The molecule has 0 aliphatic carbocycles. The van der Waals surface area contributed by atoms with Crippen molar-refractivity contribution in [2.24, 2.45) is 5.92 Å². The molecule has 2 heterocycles. The molecule has 0 atom stereocenters. The smallest absolute Gasteiger partial charge is 0.243 e. The molecule has 7 nitrogen and oxygen atoms in total. The highest BCUT2D eigenvalue weighted by Crippen LogP contribution is 2.11. The lowest BCUT2D eigenvalue weighted by molar-refractivity contribution is 0.237. The molecule has 3 aromatic rings. The van der Waals surface area contributed by atoms with Crippen molar-refractivity contribution in [3.05, 3.63) is 60.2 Å². The highest BCUT2D eigenvalue weighted by molar-refractivity contribution is 5.77. The van der Waals surface area contributed by atoms with E-state index in [9.17, 15) is 4.79 Å². The van der Waals surface area contributed by atoms with E-state index in [0.29, 0.717) is 24.0 Å². The molecule has 0 aliphatic heterocycles. The van der Waals surface area contributed by atoms with Crippen LogP contribution in [0.25, 0.3) is 0 Å². The summed E-state index contributed by atoms with van der Waals surface area (Å²) in [5.74, 6) is 1.68. The molecule has 0 amide bonds. The summed E-state index contributed by atoms with van der Waals surface area (Å²) in [6.07, 6.45) is 3.94. The maximum absolute atomic E-state index is 12.5. The molecule has 0 spiro atoms. The van der Waals surface area contributed by atoms with Crippen molar-refractivity contribution in [2.45, 2.75) is 26.7 Å². The van der Waals surface area contributed by atoms with Crippen LogP contribution in [0.5, 0.6) is 0 Å². The fourth-order valence-electron chi connectivity index (χ4n) is 2.29. The SMILES string of the molecule is CC(C)Cc1nc(Cc2ccccc2)n(C(=O)n2cncn2)n1. The van der Waals surface area contributed by atoms with Gasteiger partial charge in [0, 0.05) is 12.8 Å². The molecule has 118 valence electrons. The van der Waals surface area contributed by atoms with Crippen LogP contribution in [0.3, 0.4) is 0 Å². The average molecular weight is 310 g/mol. The van der Waals surface area contributed by atoms with Crippen LogP contribution < -0.4 is 0 Å². The number of hydrogen-bond donors (Lipinski definition) is 0. The normalized spacial score (nSPS) is 11.1. The van der Waals surface area contributed by atoms with Gasteiger partial charge in [0.15, 0.2) is 5.82 Å². The molecule has 0 saturated heterocycles. The number of carbonyl (C=O) groups is 1. The van der Waals surface area contributed by atoms with Gasteiger partial charge in [0.1, 0.15) is 18.5 Å². The molecule has 3 rings (SSSR count). The number of hydrogen-bond acceptors (Lipinski definition) is 5. The van der Waals surface area contributed by atoms with Gasteiger partial charge in [-0.25, -0.2) is 14.8 Å². The second-order valence-electron chi connectivity index (χ2n) is 5.74. The third kappa shape index (κ3) is 3.50. The summed E-state index contributed by atoms with van der Waals surface area (Å²) in [6, 6.07) is 9.51. The zero-order valence-corrected chi connectivity index (χ0v) is 13.1. The molecular weight excluding hydrogens is 292 g/mol. The first kappa shape index (κ1) is 15.1. The Hall–Kier alpha value is -2.83. The molecule has 0 N–H and O–H groups in total. The van der Waals surface area contributed by atoms with E-state index in [2.05, 4.69) is 34.0 Å². The summed E-state index contributed by atoms with van der Waals surface area (Å²) < 4.78 is 2.47. The number of benzene rings is 1. The van der Waals surface area contributed by atoms with Crippen LogP contribution in [0.2, 0.25) is 0 Å². The van der Waals surface area contributed by atoms with Crippen molar-refractivity contribution in [2.75, 3.05) is 0 Å². The van der Waals surface area contributed by atoms with Gasteiger partial charge in [-0.15, -0.1) is 5.10 Å². The quantitative estimate of drug-likeness (QED) is 0.738. The van der Waals surface area contributed by atoms with Crippen LogP contribution in [-0.4, -0.2) is 35.6 Å². The number of nitrogens with zero attached hydrogens (tertiary/aromatic N) is 6. The Morgan fingerprint density at radius 2 is 2.00 bits per heavy atom. The summed E-state index contributed by atoms with van der Waals surface area (Å²) in [4.78, 5) is 20.9. The third-order valence-corrected chi connectivity index (χ3v) is 3.31. The Bertz CT molecular complexity index is 776. The largest absolute Gasteiger partial charge is 0.372 e. The molecule has 1 aromatic carbocycles. The first-order valence-electron chi connectivity index (χ1n) is 7.51. The minimum atomic E-state index is -0.379. The molecular formula is C16H18N6O. The van der Waals surface area contributed by atoms with Crippen molar-refractivity contribution in [1.29, 1.82) is 0 Å². The predicted octanol–water partition coefficient (Wildman–Crippen LogP) is 2.18. The Morgan fingerprint density at radius 3 is 2.65 bits per heavy atom. The second-order valence-corrected chi connectivity index (χ2v) is 5.74. The monoisotopic (exact) mass is 310 g/mol. The number of rotatable bonds is 4.